The summed E-state index contributed by atoms with van der Waals surface area (Å²) in [6, 6.07) is 6.11. The Kier molecular flexibility index (Phi) is 3.88. The first kappa shape index (κ1) is 11.1. The van der Waals surface area contributed by atoms with Crippen LogP contribution in [0.2, 0.25) is 0 Å². The summed E-state index contributed by atoms with van der Waals surface area (Å²) in [5.74, 6) is 0.487. The van der Waals surface area contributed by atoms with E-state index in [2.05, 4.69) is 9.89 Å². The van der Waals surface area contributed by atoms with Gasteiger partial charge in [0, 0.05) is 19.3 Å². The Hall–Kier alpha value is -1.42. The fourth-order valence-corrected chi connectivity index (χ4v) is 1.58. The topological polar surface area (TPSA) is 24.8 Å². The lowest BCUT2D eigenvalue weighted by Crippen LogP contribution is -2.23. The van der Waals surface area contributed by atoms with Gasteiger partial charge in [0.05, 0.1) is 13.3 Å². The lowest BCUT2D eigenvalue weighted by atomic mass is 10.3. The Morgan fingerprint density at radius 2 is 2.12 bits per heavy atom. The van der Waals surface area contributed by atoms with E-state index in [1.54, 1.807) is 12.1 Å². The predicted octanol–water partition coefficient (Wildman–Crippen LogP) is 1.94. The number of aliphatic imine (C=N–C) groups is 1. The van der Waals surface area contributed by atoms with Crippen molar-refractivity contribution in [2.75, 3.05) is 26.4 Å². The van der Waals surface area contributed by atoms with Crippen molar-refractivity contribution in [1.29, 1.82) is 0 Å². The summed E-state index contributed by atoms with van der Waals surface area (Å²) < 4.78 is 18.1. The zero-order valence-electron chi connectivity index (χ0n) is 9.10. The van der Waals surface area contributed by atoms with Crippen LogP contribution in [0.15, 0.2) is 29.3 Å². The Morgan fingerprint density at radius 1 is 1.31 bits per heavy atom. The highest BCUT2D eigenvalue weighted by molar-refractivity contribution is 5.61. The third-order valence-corrected chi connectivity index (χ3v) is 2.45. The second-order valence-corrected chi connectivity index (χ2v) is 3.74. The molecule has 1 aromatic carbocycles. The largest absolute Gasteiger partial charge is 0.494 e. The minimum Gasteiger partial charge on any atom is -0.494 e. The molecular weight excluding hydrogens is 207 g/mol. The van der Waals surface area contributed by atoms with Gasteiger partial charge in [0.25, 0.3) is 0 Å². The van der Waals surface area contributed by atoms with Crippen molar-refractivity contribution in [3.8, 4) is 5.75 Å². The molecule has 4 heteroatoms. The van der Waals surface area contributed by atoms with Crippen LogP contribution >= 0.6 is 0 Å². The van der Waals surface area contributed by atoms with Gasteiger partial charge in [-0.1, -0.05) is 0 Å². The molecule has 1 aliphatic rings. The summed E-state index contributed by atoms with van der Waals surface area (Å²) in [6.45, 7) is 3.39. The number of halogens is 1. The average molecular weight is 222 g/mol. The van der Waals surface area contributed by atoms with E-state index in [4.69, 9.17) is 4.74 Å². The van der Waals surface area contributed by atoms with Crippen molar-refractivity contribution in [3.63, 3.8) is 0 Å². The van der Waals surface area contributed by atoms with Crippen LogP contribution < -0.4 is 4.74 Å². The van der Waals surface area contributed by atoms with Gasteiger partial charge in [-0.2, -0.15) is 0 Å². The first-order valence-corrected chi connectivity index (χ1v) is 5.43. The van der Waals surface area contributed by atoms with Crippen LogP contribution in [-0.4, -0.2) is 37.5 Å². The van der Waals surface area contributed by atoms with E-state index in [9.17, 15) is 4.39 Å². The van der Waals surface area contributed by atoms with Gasteiger partial charge < -0.3 is 4.74 Å². The first-order valence-electron chi connectivity index (χ1n) is 5.43. The zero-order valence-corrected chi connectivity index (χ0v) is 9.10. The molecule has 0 saturated carbocycles. The molecule has 0 unspecified atom stereocenters. The maximum Gasteiger partial charge on any atom is 0.123 e. The molecule has 1 aliphatic heterocycles. The van der Waals surface area contributed by atoms with E-state index in [0.717, 1.165) is 31.9 Å². The number of hydrogen-bond acceptors (Lipinski definition) is 3. The van der Waals surface area contributed by atoms with Gasteiger partial charge in [-0.05, 0) is 30.7 Å². The fourth-order valence-electron chi connectivity index (χ4n) is 1.58. The molecule has 0 radical (unpaired) electrons. The molecule has 0 atom stereocenters. The second-order valence-electron chi connectivity index (χ2n) is 3.74. The molecule has 86 valence electrons. The van der Waals surface area contributed by atoms with Crippen LogP contribution in [0.5, 0.6) is 5.75 Å². The maximum atomic E-state index is 12.6. The summed E-state index contributed by atoms with van der Waals surface area (Å²) in [5, 5.41) is 0. The number of benzene rings is 1. The van der Waals surface area contributed by atoms with Crippen molar-refractivity contribution >= 4 is 6.21 Å². The van der Waals surface area contributed by atoms with Gasteiger partial charge in [-0.25, -0.2) is 4.39 Å². The number of nitrogens with zero attached hydrogens (tertiary/aromatic N) is 2. The van der Waals surface area contributed by atoms with Crippen molar-refractivity contribution < 1.29 is 9.13 Å². The van der Waals surface area contributed by atoms with Crippen LogP contribution in [0.4, 0.5) is 4.39 Å². The number of ether oxygens (including phenoxy) is 1. The summed E-state index contributed by atoms with van der Waals surface area (Å²) in [6.07, 6.45) is 2.89. The van der Waals surface area contributed by atoms with Crippen LogP contribution in [0.1, 0.15) is 6.42 Å². The van der Waals surface area contributed by atoms with E-state index in [1.807, 2.05) is 6.21 Å². The normalized spacial score (nSPS) is 15.6. The summed E-state index contributed by atoms with van der Waals surface area (Å²) in [7, 11) is 0. The van der Waals surface area contributed by atoms with Crippen LogP contribution in [0.3, 0.4) is 0 Å². The monoisotopic (exact) mass is 222 g/mol. The first-order chi connectivity index (χ1) is 7.84. The molecule has 0 bridgehead atoms. The summed E-state index contributed by atoms with van der Waals surface area (Å²) in [4.78, 5) is 6.37. The number of rotatable bonds is 5. The zero-order chi connectivity index (χ0) is 11.2. The molecule has 3 nitrogen and oxygen atoms in total. The Morgan fingerprint density at radius 3 is 2.81 bits per heavy atom. The van der Waals surface area contributed by atoms with E-state index < -0.39 is 0 Å². The van der Waals surface area contributed by atoms with Crippen molar-refractivity contribution in [3.05, 3.63) is 30.1 Å². The third kappa shape index (κ3) is 3.31. The Balaban J connectivity index is 1.62. The molecule has 1 heterocycles. The van der Waals surface area contributed by atoms with Gasteiger partial charge in [0.2, 0.25) is 0 Å². The fraction of sp³-hybridized carbons (Fsp3) is 0.417. The SMILES string of the molecule is Fc1ccc(OCCCN2CC=NC2)cc1. The molecule has 1 aromatic rings. The van der Waals surface area contributed by atoms with Crippen LogP contribution in [0.25, 0.3) is 0 Å². The molecule has 2 rings (SSSR count). The van der Waals surface area contributed by atoms with E-state index >= 15 is 0 Å². The number of hydrogen-bond donors (Lipinski definition) is 0. The molecule has 0 aliphatic carbocycles. The highest BCUT2D eigenvalue weighted by Crippen LogP contribution is 2.11. The second kappa shape index (κ2) is 5.61. The molecule has 0 amide bonds. The smallest absolute Gasteiger partial charge is 0.123 e. The predicted molar refractivity (Wildman–Crippen MR) is 61.4 cm³/mol. The third-order valence-electron chi connectivity index (χ3n) is 2.45. The maximum absolute atomic E-state index is 12.6. The van der Waals surface area contributed by atoms with Crippen LogP contribution in [0, 0.1) is 5.82 Å². The molecule has 0 saturated heterocycles. The minimum atomic E-state index is -0.235. The highest BCUT2D eigenvalue weighted by atomic mass is 19.1. The average Bonchev–Trinajstić information content (AvgIpc) is 2.80. The van der Waals surface area contributed by atoms with Crippen molar-refractivity contribution in [2.45, 2.75) is 6.42 Å². The van der Waals surface area contributed by atoms with Crippen LogP contribution in [-0.2, 0) is 0 Å². The Labute approximate surface area is 94.5 Å². The molecule has 0 N–H and O–H groups in total. The molecule has 16 heavy (non-hydrogen) atoms. The van der Waals surface area contributed by atoms with Gasteiger partial charge in [0.1, 0.15) is 11.6 Å². The van der Waals surface area contributed by atoms with Gasteiger partial charge in [0.15, 0.2) is 0 Å². The van der Waals surface area contributed by atoms with E-state index in [0.29, 0.717) is 6.61 Å². The minimum absolute atomic E-state index is 0.235. The van der Waals surface area contributed by atoms with E-state index in [1.165, 1.54) is 12.1 Å². The molecule has 0 aromatic heterocycles. The standard InChI is InChI=1S/C12H15FN2O/c13-11-2-4-12(5-3-11)16-9-1-7-15-8-6-14-10-15/h2-6H,1,7-10H2. The van der Waals surface area contributed by atoms with Crippen molar-refractivity contribution in [2.24, 2.45) is 4.99 Å². The summed E-state index contributed by atoms with van der Waals surface area (Å²) in [5.41, 5.74) is 0. The Bertz CT molecular complexity index is 343. The highest BCUT2D eigenvalue weighted by Gasteiger charge is 2.05. The molecule has 0 spiro atoms. The quantitative estimate of drug-likeness (QED) is 0.711. The molecular formula is C12H15FN2O. The van der Waals surface area contributed by atoms with Crippen molar-refractivity contribution in [1.82, 2.24) is 4.90 Å². The van der Waals surface area contributed by atoms with E-state index in [-0.39, 0.29) is 5.82 Å². The molecule has 0 fully saturated rings. The van der Waals surface area contributed by atoms with Gasteiger partial charge >= 0.3 is 0 Å². The van der Waals surface area contributed by atoms with Gasteiger partial charge in [-0.3, -0.25) is 9.89 Å². The summed E-state index contributed by atoms with van der Waals surface area (Å²) >= 11 is 0. The lowest BCUT2D eigenvalue weighted by molar-refractivity contribution is 0.264. The lowest BCUT2D eigenvalue weighted by Gasteiger charge is -2.13. The van der Waals surface area contributed by atoms with Gasteiger partial charge in [-0.15, -0.1) is 0 Å².